The number of benzene rings is 4. The predicted molar refractivity (Wildman–Crippen MR) is 123 cm³/mol. The van der Waals surface area contributed by atoms with Crippen molar-refractivity contribution in [3.8, 4) is 33.9 Å². The Bertz CT molecular complexity index is 1250. The maximum Gasteiger partial charge on any atom is 0.658 e. The number of hydrogen-bond donors (Lipinski definition) is 1. The van der Waals surface area contributed by atoms with E-state index in [4.69, 9.17) is 9.31 Å². The molecule has 1 aromatic heterocycles. The van der Waals surface area contributed by atoms with E-state index >= 15 is 0 Å². The molecule has 4 heteroatoms. The van der Waals surface area contributed by atoms with Crippen molar-refractivity contribution in [2.24, 2.45) is 0 Å². The fraction of sp³-hybridized carbons (Fsp3) is 0. The summed E-state index contributed by atoms with van der Waals surface area (Å²) < 4.78 is 11.6. The minimum Gasteiger partial charge on any atom is -0.526 e. The highest BCUT2D eigenvalue weighted by Crippen LogP contribution is 2.42. The van der Waals surface area contributed by atoms with Crippen molar-refractivity contribution in [2.75, 3.05) is 0 Å². The van der Waals surface area contributed by atoms with E-state index in [1.165, 1.54) is 7.69 Å². The second kappa shape index (κ2) is 8.22. The topological polar surface area (TPSA) is 34.2 Å². The molecule has 0 aliphatic rings. The lowest BCUT2D eigenvalue weighted by Gasteiger charge is -2.10. The van der Waals surface area contributed by atoms with Crippen LogP contribution in [0.4, 0.5) is 0 Å². The average Bonchev–Trinajstić information content (AvgIpc) is 3.21. The third kappa shape index (κ3) is 3.56. The van der Waals surface area contributed by atoms with Crippen LogP contribution in [0.3, 0.4) is 0 Å². The lowest BCUT2D eigenvalue weighted by molar-refractivity contribution is 0.462. The molecule has 0 saturated heterocycles. The summed E-state index contributed by atoms with van der Waals surface area (Å²) in [4.78, 5) is 3.59. The van der Waals surface area contributed by atoms with Crippen LogP contribution in [0.2, 0.25) is 0 Å². The van der Waals surface area contributed by atoms with Crippen LogP contribution in [-0.4, -0.2) is 12.7 Å². The summed E-state index contributed by atoms with van der Waals surface area (Å²) in [6.45, 7) is 0. The molecule has 3 nitrogen and oxygen atoms in total. The molecule has 4 aromatic carbocycles. The molecule has 0 fully saturated rings. The second-order valence-corrected chi connectivity index (χ2v) is 6.93. The molecule has 0 atom stereocenters. The quantitative estimate of drug-likeness (QED) is 0.337. The van der Waals surface area contributed by atoms with E-state index in [9.17, 15) is 0 Å². The molecule has 0 amide bonds. The molecule has 0 bridgehead atoms. The number of H-pyrrole nitrogens is 1. The molecule has 5 rings (SSSR count). The highest BCUT2D eigenvalue weighted by molar-refractivity contribution is 6.22. The van der Waals surface area contributed by atoms with E-state index in [1.807, 2.05) is 54.6 Å². The average molecular weight is 388 g/mol. The van der Waals surface area contributed by atoms with Gasteiger partial charge >= 0.3 is 7.69 Å². The summed E-state index contributed by atoms with van der Waals surface area (Å²) in [5, 5.41) is 1.02. The number of para-hydroxylation sites is 1. The van der Waals surface area contributed by atoms with Gasteiger partial charge in [0, 0.05) is 10.9 Å². The highest BCUT2D eigenvalue weighted by Gasteiger charge is 2.18. The smallest absolute Gasteiger partial charge is 0.526 e. The molecule has 0 spiro atoms. The SMILES string of the molecule is [B](Oc1ccccc1)Oc1cccc2[nH]c(-c3ccccc3)c(-c3ccccc3)c12. The van der Waals surface area contributed by atoms with Gasteiger partial charge in [0.15, 0.2) is 0 Å². The molecular weight excluding hydrogens is 369 g/mol. The molecule has 143 valence electrons. The van der Waals surface area contributed by atoms with Gasteiger partial charge in [-0.1, -0.05) is 84.9 Å². The molecule has 1 radical (unpaired) electrons. The normalized spacial score (nSPS) is 10.7. The molecule has 30 heavy (non-hydrogen) atoms. The van der Waals surface area contributed by atoms with Gasteiger partial charge in [-0.15, -0.1) is 0 Å². The summed E-state index contributed by atoms with van der Waals surface area (Å²) in [5.74, 6) is 1.47. The number of fused-ring (bicyclic) bond motifs is 1. The van der Waals surface area contributed by atoms with E-state index in [0.717, 1.165) is 44.8 Å². The lowest BCUT2D eigenvalue weighted by Crippen LogP contribution is -2.11. The van der Waals surface area contributed by atoms with Gasteiger partial charge < -0.3 is 14.3 Å². The van der Waals surface area contributed by atoms with E-state index < -0.39 is 0 Å². The molecule has 0 aliphatic heterocycles. The molecule has 0 unspecified atom stereocenters. The second-order valence-electron chi connectivity index (χ2n) is 6.93. The fourth-order valence-electron chi connectivity index (χ4n) is 3.66. The van der Waals surface area contributed by atoms with Crippen LogP contribution >= 0.6 is 0 Å². The van der Waals surface area contributed by atoms with Crippen molar-refractivity contribution in [1.82, 2.24) is 4.98 Å². The first-order valence-corrected chi connectivity index (χ1v) is 9.86. The van der Waals surface area contributed by atoms with Crippen molar-refractivity contribution in [3.63, 3.8) is 0 Å². The van der Waals surface area contributed by atoms with Crippen LogP contribution in [0.1, 0.15) is 0 Å². The third-order valence-electron chi connectivity index (χ3n) is 5.01. The van der Waals surface area contributed by atoms with Gasteiger partial charge in [0.25, 0.3) is 0 Å². The maximum atomic E-state index is 5.97. The van der Waals surface area contributed by atoms with Crippen LogP contribution in [0, 0.1) is 0 Å². The monoisotopic (exact) mass is 388 g/mol. The first-order valence-electron chi connectivity index (χ1n) is 9.86. The van der Waals surface area contributed by atoms with Crippen molar-refractivity contribution >= 4 is 18.6 Å². The summed E-state index contributed by atoms with van der Waals surface area (Å²) in [6, 6.07) is 36.3. The van der Waals surface area contributed by atoms with Gasteiger partial charge in [0.05, 0.1) is 11.2 Å². The Kier molecular flexibility index (Phi) is 4.97. The third-order valence-corrected chi connectivity index (χ3v) is 5.01. The lowest BCUT2D eigenvalue weighted by atomic mass is 9.98. The predicted octanol–water partition coefficient (Wildman–Crippen LogP) is 6.49. The zero-order chi connectivity index (χ0) is 20.2. The van der Waals surface area contributed by atoms with Gasteiger partial charge in [0.2, 0.25) is 0 Å². The Morgan fingerprint density at radius 2 is 1.20 bits per heavy atom. The Morgan fingerprint density at radius 1 is 0.567 bits per heavy atom. The summed E-state index contributed by atoms with van der Waals surface area (Å²) in [5.41, 5.74) is 5.45. The van der Waals surface area contributed by atoms with Gasteiger partial charge in [-0.3, -0.25) is 0 Å². The summed E-state index contributed by atoms with van der Waals surface area (Å²) >= 11 is 0. The van der Waals surface area contributed by atoms with Crippen LogP contribution in [0.15, 0.2) is 109 Å². The van der Waals surface area contributed by atoms with Gasteiger partial charge in [-0.05, 0) is 35.4 Å². The minimum absolute atomic E-state index is 0.729. The molecule has 1 N–H and O–H groups in total. The van der Waals surface area contributed by atoms with Crippen LogP contribution in [0.5, 0.6) is 11.5 Å². The van der Waals surface area contributed by atoms with Crippen LogP contribution in [0.25, 0.3) is 33.3 Å². The molecule has 5 aromatic rings. The van der Waals surface area contributed by atoms with E-state index in [2.05, 4.69) is 59.6 Å². The van der Waals surface area contributed by atoms with Crippen molar-refractivity contribution in [2.45, 2.75) is 0 Å². The summed E-state index contributed by atoms with van der Waals surface area (Å²) in [6.07, 6.45) is 0. The fourth-order valence-corrected chi connectivity index (χ4v) is 3.66. The minimum atomic E-state index is 0.729. The first kappa shape index (κ1) is 18.1. The van der Waals surface area contributed by atoms with E-state index in [1.54, 1.807) is 0 Å². The van der Waals surface area contributed by atoms with Crippen LogP contribution < -0.4 is 9.31 Å². The number of rotatable bonds is 6. The number of hydrogen-bond acceptors (Lipinski definition) is 2. The largest absolute Gasteiger partial charge is 0.658 e. The number of nitrogens with one attached hydrogen (secondary N) is 1. The van der Waals surface area contributed by atoms with Gasteiger partial charge in [0.1, 0.15) is 11.5 Å². The maximum absolute atomic E-state index is 5.97. The summed E-state index contributed by atoms with van der Waals surface area (Å²) in [7, 11) is 1.38. The number of aromatic amines is 1. The van der Waals surface area contributed by atoms with Crippen molar-refractivity contribution in [3.05, 3.63) is 109 Å². The molecular formula is C26H19BNO2. The zero-order valence-corrected chi connectivity index (χ0v) is 16.3. The van der Waals surface area contributed by atoms with Crippen LogP contribution in [-0.2, 0) is 0 Å². The Morgan fingerprint density at radius 3 is 1.90 bits per heavy atom. The van der Waals surface area contributed by atoms with Gasteiger partial charge in [-0.25, -0.2) is 0 Å². The van der Waals surface area contributed by atoms with Gasteiger partial charge in [-0.2, -0.15) is 0 Å². The first-order chi connectivity index (χ1) is 14.9. The molecule has 1 heterocycles. The standard InChI is InChI=1S/C26H19BNO2/c1-4-11-19(12-5-1)24-25-22(28-26(24)20-13-6-2-7-14-20)17-10-18-23(25)30-27-29-21-15-8-3-9-16-21/h1-18,28H. The Balaban J connectivity index is 1.60. The molecule has 0 saturated carbocycles. The Labute approximate surface area is 176 Å². The molecule has 0 aliphatic carbocycles. The van der Waals surface area contributed by atoms with E-state index in [-0.39, 0.29) is 0 Å². The highest BCUT2D eigenvalue weighted by atomic mass is 16.6. The Hall–Kier alpha value is -3.92. The number of aromatic nitrogens is 1. The van der Waals surface area contributed by atoms with Crippen molar-refractivity contribution < 1.29 is 9.31 Å². The zero-order valence-electron chi connectivity index (χ0n) is 16.3. The van der Waals surface area contributed by atoms with E-state index in [0.29, 0.717) is 0 Å². The van der Waals surface area contributed by atoms with Crippen molar-refractivity contribution in [1.29, 1.82) is 0 Å².